The van der Waals surface area contributed by atoms with Crippen molar-refractivity contribution in [2.45, 2.75) is 6.42 Å². The van der Waals surface area contributed by atoms with Crippen LogP contribution in [0.3, 0.4) is 0 Å². The number of allylic oxidation sites excluding steroid dienone is 6. The second-order valence-corrected chi connectivity index (χ2v) is 3.58. The summed E-state index contributed by atoms with van der Waals surface area (Å²) >= 11 is 0. The molecule has 0 saturated carbocycles. The molecule has 0 aliphatic heterocycles. The third-order valence-electron chi connectivity index (χ3n) is 2.64. The summed E-state index contributed by atoms with van der Waals surface area (Å²) in [5, 5.41) is 0. The SMILES string of the molecule is C=C/C=C1/Cc2ccccc2/C1=C/C=C. The van der Waals surface area contributed by atoms with Crippen LogP contribution in [0, 0.1) is 0 Å². The van der Waals surface area contributed by atoms with Gasteiger partial charge in [-0.25, -0.2) is 0 Å². The average Bonchev–Trinajstić information content (AvgIpc) is 2.59. The second kappa shape index (κ2) is 4.14. The minimum atomic E-state index is 1.00. The molecule has 0 N–H and O–H groups in total. The molecule has 0 radical (unpaired) electrons. The molecule has 0 amide bonds. The summed E-state index contributed by atoms with van der Waals surface area (Å²) in [7, 11) is 0. The zero-order valence-electron chi connectivity index (χ0n) is 8.74. The number of fused-ring (bicyclic) bond motifs is 1. The van der Waals surface area contributed by atoms with E-state index in [4.69, 9.17) is 0 Å². The molecule has 0 heterocycles. The van der Waals surface area contributed by atoms with E-state index in [0.29, 0.717) is 0 Å². The maximum atomic E-state index is 3.76. The fourth-order valence-electron chi connectivity index (χ4n) is 2.02. The first-order chi connectivity index (χ1) is 7.36. The van der Waals surface area contributed by atoms with Crippen LogP contribution in [0.1, 0.15) is 11.1 Å². The summed E-state index contributed by atoms with van der Waals surface area (Å²) in [6.45, 7) is 7.51. The molecular weight excluding hydrogens is 180 g/mol. The van der Waals surface area contributed by atoms with Gasteiger partial charge in [0.05, 0.1) is 0 Å². The lowest BCUT2D eigenvalue weighted by Crippen LogP contribution is -1.79. The van der Waals surface area contributed by atoms with Gasteiger partial charge >= 0.3 is 0 Å². The van der Waals surface area contributed by atoms with E-state index in [1.54, 1.807) is 0 Å². The normalized spacial score (nSPS) is 19.2. The van der Waals surface area contributed by atoms with Crippen molar-refractivity contribution in [3.63, 3.8) is 0 Å². The molecule has 1 aromatic rings. The highest BCUT2D eigenvalue weighted by Gasteiger charge is 2.18. The van der Waals surface area contributed by atoms with Gasteiger partial charge in [0, 0.05) is 0 Å². The Balaban J connectivity index is 2.56. The molecule has 1 aliphatic carbocycles. The summed E-state index contributed by atoms with van der Waals surface area (Å²) in [5.41, 5.74) is 5.32. The molecule has 74 valence electrons. The highest BCUT2D eigenvalue weighted by Crippen LogP contribution is 2.36. The zero-order chi connectivity index (χ0) is 10.7. The molecular formula is C15H14. The van der Waals surface area contributed by atoms with E-state index in [0.717, 1.165) is 6.42 Å². The Morgan fingerprint density at radius 2 is 1.73 bits per heavy atom. The minimum absolute atomic E-state index is 1.00. The Kier molecular flexibility index (Phi) is 2.68. The van der Waals surface area contributed by atoms with Crippen molar-refractivity contribution in [3.05, 3.63) is 78.4 Å². The molecule has 0 nitrogen and oxygen atoms in total. The molecule has 0 heteroatoms. The van der Waals surface area contributed by atoms with Gasteiger partial charge in [-0.2, -0.15) is 0 Å². The Morgan fingerprint density at radius 3 is 2.47 bits per heavy atom. The van der Waals surface area contributed by atoms with Crippen LogP contribution in [0.2, 0.25) is 0 Å². The van der Waals surface area contributed by atoms with E-state index >= 15 is 0 Å². The number of hydrogen-bond acceptors (Lipinski definition) is 0. The molecule has 15 heavy (non-hydrogen) atoms. The van der Waals surface area contributed by atoms with Crippen molar-refractivity contribution in [2.75, 3.05) is 0 Å². The Labute approximate surface area is 91.0 Å². The first-order valence-corrected chi connectivity index (χ1v) is 5.09. The molecule has 0 bridgehead atoms. The first kappa shape index (κ1) is 9.72. The Hall–Kier alpha value is -1.82. The van der Waals surface area contributed by atoms with Crippen LogP contribution in [0.25, 0.3) is 5.57 Å². The summed E-state index contributed by atoms with van der Waals surface area (Å²) in [6, 6.07) is 8.50. The largest absolute Gasteiger partial charge is 0.0991 e. The molecule has 0 atom stereocenters. The topological polar surface area (TPSA) is 0 Å². The van der Waals surface area contributed by atoms with E-state index in [-0.39, 0.29) is 0 Å². The van der Waals surface area contributed by atoms with Crippen LogP contribution in [-0.4, -0.2) is 0 Å². The molecule has 2 rings (SSSR count). The molecule has 0 aromatic heterocycles. The van der Waals surface area contributed by atoms with E-state index in [1.165, 1.54) is 22.3 Å². The highest BCUT2D eigenvalue weighted by atomic mass is 14.2. The average molecular weight is 194 g/mol. The summed E-state index contributed by atoms with van der Waals surface area (Å²) in [4.78, 5) is 0. The van der Waals surface area contributed by atoms with Gasteiger partial charge in [0.2, 0.25) is 0 Å². The molecule has 1 aromatic carbocycles. The van der Waals surface area contributed by atoms with Gasteiger partial charge in [-0.15, -0.1) is 0 Å². The molecule has 0 fully saturated rings. The van der Waals surface area contributed by atoms with E-state index in [1.807, 2.05) is 12.2 Å². The fourth-order valence-corrected chi connectivity index (χ4v) is 2.02. The molecule has 1 aliphatic rings. The molecule has 0 spiro atoms. The van der Waals surface area contributed by atoms with Crippen LogP contribution in [0.5, 0.6) is 0 Å². The van der Waals surface area contributed by atoms with E-state index in [2.05, 4.69) is 49.6 Å². The van der Waals surface area contributed by atoms with Crippen molar-refractivity contribution < 1.29 is 0 Å². The quantitative estimate of drug-likeness (QED) is 0.669. The van der Waals surface area contributed by atoms with E-state index in [9.17, 15) is 0 Å². The lowest BCUT2D eigenvalue weighted by atomic mass is 10.0. The third kappa shape index (κ3) is 1.71. The predicted octanol–water partition coefficient (Wildman–Crippen LogP) is 3.92. The maximum Gasteiger partial charge on any atom is -0.00135 e. The second-order valence-electron chi connectivity index (χ2n) is 3.58. The van der Waals surface area contributed by atoms with Crippen LogP contribution in [-0.2, 0) is 6.42 Å². The van der Waals surface area contributed by atoms with Gasteiger partial charge < -0.3 is 0 Å². The van der Waals surface area contributed by atoms with Gasteiger partial charge in [-0.1, -0.05) is 61.7 Å². The van der Waals surface area contributed by atoms with Gasteiger partial charge in [0.1, 0.15) is 0 Å². The molecule has 0 unspecified atom stereocenters. The fraction of sp³-hybridized carbons (Fsp3) is 0.0667. The number of hydrogen-bond donors (Lipinski definition) is 0. The monoisotopic (exact) mass is 194 g/mol. The van der Waals surface area contributed by atoms with Gasteiger partial charge in [0.25, 0.3) is 0 Å². The summed E-state index contributed by atoms with van der Waals surface area (Å²) in [6.07, 6.45) is 8.84. The van der Waals surface area contributed by atoms with Crippen molar-refractivity contribution in [1.29, 1.82) is 0 Å². The summed E-state index contributed by atoms with van der Waals surface area (Å²) in [5.74, 6) is 0. The number of benzene rings is 1. The highest BCUT2D eigenvalue weighted by molar-refractivity contribution is 5.86. The first-order valence-electron chi connectivity index (χ1n) is 5.09. The minimum Gasteiger partial charge on any atom is -0.0991 e. The third-order valence-corrected chi connectivity index (χ3v) is 2.64. The van der Waals surface area contributed by atoms with Crippen LogP contribution >= 0.6 is 0 Å². The zero-order valence-corrected chi connectivity index (χ0v) is 8.74. The van der Waals surface area contributed by atoms with Crippen LogP contribution in [0.4, 0.5) is 0 Å². The van der Waals surface area contributed by atoms with Gasteiger partial charge in [0.15, 0.2) is 0 Å². The van der Waals surface area contributed by atoms with Crippen molar-refractivity contribution in [2.24, 2.45) is 0 Å². The lowest BCUT2D eigenvalue weighted by molar-refractivity contribution is 1.27. The standard InChI is InChI=1S/C15H14/c1-3-7-12-11-13-9-5-6-10-15(13)14(12)8-4-2/h3-10H,1-2,11H2/b12-7-,14-8+. The predicted molar refractivity (Wildman–Crippen MR) is 66.6 cm³/mol. The maximum absolute atomic E-state index is 3.76. The van der Waals surface area contributed by atoms with Crippen molar-refractivity contribution in [1.82, 2.24) is 0 Å². The van der Waals surface area contributed by atoms with Crippen molar-refractivity contribution >= 4 is 5.57 Å². The van der Waals surface area contributed by atoms with Crippen LogP contribution < -0.4 is 0 Å². The van der Waals surface area contributed by atoms with Crippen molar-refractivity contribution in [3.8, 4) is 0 Å². The Morgan fingerprint density at radius 1 is 1.00 bits per heavy atom. The van der Waals surface area contributed by atoms with Gasteiger partial charge in [-0.05, 0) is 28.7 Å². The smallest absolute Gasteiger partial charge is 0.00135 e. The Bertz CT molecular complexity index is 459. The van der Waals surface area contributed by atoms with Gasteiger partial charge in [-0.3, -0.25) is 0 Å². The van der Waals surface area contributed by atoms with Crippen LogP contribution in [0.15, 0.2) is 67.3 Å². The lowest BCUT2D eigenvalue weighted by Gasteiger charge is -1.99. The number of rotatable bonds is 2. The molecule has 0 saturated heterocycles. The van der Waals surface area contributed by atoms with E-state index < -0.39 is 0 Å². The summed E-state index contributed by atoms with van der Waals surface area (Å²) < 4.78 is 0.